The van der Waals surface area contributed by atoms with Crippen molar-refractivity contribution in [2.24, 2.45) is 0 Å². The number of nitrogens with one attached hydrogen (secondary N) is 1. The summed E-state index contributed by atoms with van der Waals surface area (Å²) in [6.07, 6.45) is 2.62. The van der Waals surface area contributed by atoms with Gasteiger partial charge in [-0.2, -0.15) is 0 Å². The van der Waals surface area contributed by atoms with Crippen LogP contribution in [0.15, 0.2) is 11.6 Å². The first-order chi connectivity index (χ1) is 14.6. The number of piperidine rings is 1. The van der Waals surface area contributed by atoms with Gasteiger partial charge in [-0.05, 0) is 25.5 Å². The van der Waals surface area contributed by atoms with Gasteiger partial charge in [0.15, 0.2) is 0 Å². The number of hydrogen-bond acceptors (Lipinski definition) is 8. The van der Waals surface area contributed by atoms with Gasteiger partial charge < -0.3 is 30.3 Å². The number of carbonyl (C=O) groups excluding carboxylic acids is 2. The predicted octanol–water partition coefficient (Wildman–Crippen LogP) is -0.454. The summed E-state index contributed by atoms with van der Waals surface area (Å²) in [6, 6.07) is 0. The van der Waals surface area contributed by atoms with Gasteiger partial charge >= 0.3 is 5.97 Å². The zero-order chi connectivity index (χ0) is 23.8. The summed E-state index contributed by atoms with van der Waals surface area (Å²) in [5, 5.41) is 28.0. The number of carbonyl (C=O) groups is 4. The van der Waals surface area contributed by atoms with Crippen LogP contribution in [0.5, 0.6) is 0 Å². The SMILES string of the molecule is CC(=O)O.CC(=O)O.CCOC(=O)CCN1CCN(C/C=C2\CNCCC2O)C(=O)C1. The first-order valence-corrected chi connectivity index (χ1v) is 10.2. The lowest BCUT2D eigenvalue weighted by Gasteiger charge is -2.34. The molecule has 0 aliphatic carbocycles. The predicted molar refractivity (Wildman–Crippen MR) is 112 cm³/mol. The van der Waals surface area contributed by atoms with Gasteiger partial charge in [0.2, 0.25) is 5.91 Å². The molecular formula is C20H35N3O8. The number of carboxylic acids is 2. The first kappa shape index (κ1) is 28.5. The van der Waals surface area contributed by atoms with Crippen LogP contribution in [0.3, 0.4) is 0 Å². The molecule has 11 nitrogen and oxygen atoms in total. The third-order valence-electron chi connectivity index (χ3n) is 4.26. The minimum Gasteiger partial charge on any atom is -0.481 e. The molecule has 1 unspecified atom stereocenters. The Labute approximate surface area is 182 Å². The fraction of sp³-hybridized carbons (Fsp3) is 0.700. The van der Waals surface area contributed by atoms with Crippen molar-refractivity contribution in [1.82, 2.24) is 15.1 Å². The van der Waals surface area contributed by atoms with Crippen molar-refractivity contribution in [3.8, 4) is 0 Å². The fourth-order valence-corrected chi connectivity index (χ4v) is 2.83. The monoisotopic (exact) mass is 445 g/mol. The summed E-state index contributed by atoms with van der Waals surface area (Å²) in [5.74, 6) is -1.82. The topological polar surface area (TPSA) is 157 Å². The van der Waals surface area contributed by atoms with Crippen LogP contribution < -0.4 is 5.32 Å². The fourth-order valence-electron chi connectivity index (χ4n) is 2.83. The summed E-state index contributed by atoms with van der Waals surface area (Å²) < 4.78 is 4.90. The maximum absolute atomic E-state index is 12.2. The summed E-state index contributed by atoms with van der Waals surface area (Å²) in [7, 11) is 0. The zero-order valence-corrected chi connectivity index (χ0v) is 18.5. The number of aliphatic hydroxyl groups excluding tert-OH is 1. The van der Waals surface area contributed by atoms with E-state index in [2.05, 4.69) is 5.32 Å². The summed E-state index contributed by atoms with van der Waals surface area (Å²) >= 11 is 0. The van der Waals surface area contributed by atoms with E-state index in [0.717, 1.165) is 38.9 Å². The molecule has 2 heterocycles. The molecule has 2 rings (SSSR count). The van der Waals surface area contributed by atoms with Gasteiger partial charge in [-0.15, -0.1) is 0 Å². The maximum Gasteiger partial charge on any atom is 0.307 e. The standard InChI is InChI=1S/C16H27N3O4.2C2H4O2/c1-2-23-16(22)5-7-18-9-10-19(15(21)12-18)8-4-13-11-17-6-3-14(13)20;2*1-2(3)4/h4,14,17,20H,2-3,5-12H2,1H3;2*1H3,(H,3,4)/b13-4+;;. The summed E-state index contributed by atoms with van der Waals surface area (Å²) in [5.41, 5.74) is 0.966. The van der Waals surface area contributed by atoms with E-state index in [1.165, 1.54) is 0 Å². The third-order valence-corrected chi connectivity index (χ3v) is 4.26. The normalized spacial score (nSPS) is 20.1. The average molecular weight is 446 g/mol. The lowest BCUT2D eigenvalue weighted by molar-refractivity contribution is -0.144. The van der Waals surface area contributed by atoms with Crippen LogP contribution >= 0.6 is 0 Å². The molecule has 31 heavy (non-hydrogen) atoms. The van der Waals surface area contributed by atoms with E-state index in [1.807, 2.05) is 11.0 Å². The van der Waals surface area contributed by atoms with Crippen LogP contribution in [0, 0.1) is 0 Å². The van der Waals surface area contributed by atoms with Crippen LogP contribution in [0.2, 0.25) is 0 Å². The van der Waals surface area contributed by atoms with Gasteiger partial charge in [-0.1, -0.05) is 6.08 Å². The highest BCUT2D eigenvalue weighted by Crippen LogP contribution is 2.11. The Hall–Kier alpha value is -2.50. The van der Waals surface area contributed by atoms with Crippen LogP contribution in [-0.4, -0.2) is 107 Å². The molecule has 0 aromatic heterocycles. The number of ether oxygens (including phenoxy) is 1. The van der Waals surface area contributed by atoms with Gasteiger partial charge in [0, 0.05) is 46.6 Å². The third kappa shape index (κ3) is 15.0. The van der Waals surface area contributed by atoms with Crippen molar-refractivity contribution in [1.29, 1.82) is 0 Å². The lowest BCUT2D eigenvalue weighted by atomic mass is 10.0. The van der Waals surface area contributed by atoms with E-state index in [9.17, 15) is 14.7 Å². The number of nitrogens with zero attached hydrogens (tertiary/aromatic N) is 2. The molecule has 0 aromatic carbocycles. The Morgan fingerprint density at radius 2 is 1.81 bits per heavy atom. The number of hydrogen-bond donors (Lipinski definition) is 4. The van der Waals surface area contributed by atoms with E-state index < -0.39 is 18.0 Å². The molecule has 2 fully saturated rings. The molecule has 0 bridgehead atoms. The van der Waals surface area contributed by atoms with Gasteiger partial charge in [0.1, 0.15) is 0 Å². The highest BCUT2D eigenvalue weighted by molar-refractivity contribution is 5.79. The van der Waals surface area contributed by atoms with Crippen molar-refractivity contribution >= 4 is 23.8 Å². The number of carboxylic acid groups (broad SMARTS) is 2. The second-order valence-electron chi connectivity index (χ2n) is 6.97. The first-order valence-electron chi connectivity index (χ1n) is 10.2. The number of esters is 1. The van der Waals surface area contributed by atoms with Crippen LogP contribution in [0.25, 0.3) is 0 Å². The molecule has 178 valence electrons. The number of amides is 1. The van der Waals surface area contributed by atoms with Crippen molar-refractivity contribution in [2.75, 3.05) is 52.4 Å². The molecule has 2 aliphatic rings. The second kappa shape index (κ2) is 16.2. The number of piperazine rings is 1. The van der Waals surface area contributed by atoms with Gasteiger partial charge in [0.25, 0.3) is 11.9 Å². The minimum absolute atomic E-state index is 0.0650. The molecule has 4 N–H and O–H groups in total. The lowest BCUT2D eigenvalue weighted by Crippen LogP contribution is -2.50. The summed E-state index contributed by atoms with van der Waals surface area (Å²) in [6.45, 7) is 8.70. The van der Waals surface area contributed by atoms with Gasteiger partial charge in [-0.25, -0.2) is 0 Å². The van der Waals surface area contributed by atoms with Gasteiger partial charge in [-0.3, -0.25) is 24.1 Å². The van der Waals surface area contributed by atoms with Crippen molar-refractivity contribution in [3.05, 3.63) is 11.6 Å². The Morgan fingerprint density at radius 3 is 2.32 bits per heavy atom. The molecule has 0 aromatic rings. The molecule has 0 spiro atoms. The Kier molecular flexibility index (Phi) is 14.9. The van der Waals surface area contributed by atoms with Crippen LogP contribution in [-0.2, 0) is 23.9 Å². The molecule has 0 saturated carbocycles. The minimum atomic E-state index is -0.833. The number of aliphatic carboxylic acids is 2. The maximum atomic E-state index is 12.2. The summed E-state index contributed by atoms with van der Waals surface area (Å²) in [4.78, 5) is 45.3. The Bertz CT molecular complexity index is 604. The second-order valence-corrected chi connectivity index (χ2v) is 6.97. The average Bonchev–Trinajstić information content (AvgIpc) is 2.66. The van der Waals surface area contributed by atoms with E-state index in [-0.39, 0.29) is 11.9 Å². The van der Waals surface area contributed by atoms with Crippen molar-refractivity contribution < 1.29 is 39.2 Å². The molecule has 2 aliphatic heterocycles. The Balaban J connectivity index is 0.000000967. The number of aliphatic hydroxyl groups is 1. The molecular weight excluding hydrogens is 410 g/mol. The molecule has 1 amide bonds. The molecule has 2 saturated heterocycles. The smallest absolute Gasteiger partial charge is 0.307 e. The van der Waals surface area contributed by atoms with E-state index in [1.54, 1.807) is 11.8 Å². The van der Waals surface area contributed by atoms with Crippen molar-refractivity contribution in [2.45, 2.75) is 39.7 Å². The van der Waals surface area contributed by atoms with Gasteiger partial charge in [0.05, 0.1) is 25.7 Å². The van der Waals surface area contributed by atoms with E-state index >= 15 is 0 Å². The zero-order valence-electron chi connectivity index (χ0n) is 18.5. The van der Waals surface area contributed by atoms with Crippen LogP contribution in [0.1, 0.15) is 33.6 Å². The van der Waals surface area contributed by atoms with E-state index in [4.69, 9.17) is 24.5 Å². The molecule has 1 atom stereocenters. The highest BCUT2D eigenvalue weighted by Gasteiger charge is 2.24. The quantitative estimate of drug-likeness (QED) is 0.312. The van der Waals surface area contributed by atoms with E-state index in [0.29, 0.717) is 45.8 Å². The molecule has 0 radical (unpaired) electrons. The highest BCUT2D eigenvalue weighted by atomic mass is 16.5. The Morgan fingerprint density at radius 1 is 1.19 bits per heavy atom. The largest absolute Gasteiger partial charge is 0.481 e. The molecule has 11 heteroatoms. The van der Waals surface area contributed by atoms with Crippen LogP contribution in [0.4, 0.5) is 0 Å². The van der Waals surface area contributed by atoms with Crippen molar-refractivity contribution in [3.63, 3.8) is 0 Å². The number of rotatable bonds is 6.